The number of nitrogens with one attached hydrogen (secondary N) is 1. The van der Waals surface area contributed by atoms with Crippen molar-refractivity contribution in [3.05, 3.63) is 84.2 Å². The summed E-state index contributed by atoms with van der Waals surface area (Å²) in [4.78, 5) is 19.5. The summed E-state index contributed by atoms with van der Waals surface area (Å²) < 4.78 is 24.7. The molecule has 0 bridgehead atoms. The smallest absolute Gasteiger partial charge is 0.298 e. The van der Waals surface area contributed by atoms with Crippen molar-refractivity contribution in [1.82, 2.24) is 10.3 Å². The second-order valence-electron chi connectivity index (χ2n) is 7.75. The fourth-order valence-electron chi connectivity index (χ4n) is 3.93. The lowest BCUT2D eigenvalue weighted by molar-refractivity contribution is 0.0951. The molecule has 0 aliphatic carbocycles. The number of aromatic nitrogens is 1. The molecular weight excluding hydrogens is 409 g/mol. The van der Waals surface area contributed by atoms with Gasteiger partial charge in [-0.25, -0.2) is 4.39 Å². The monoisotopic (exact) mass is 431 g/mol. The van der Waals surface area contributed by atoms with Crippen LogP contribution in [0.15, 0.2) is 77.2 Å². The first-order valence-electron chi connectivity index (χ1n) is 10.6. The number of halogens is 1. The van der Waals surface area contributed by atoms with Gasteiger partial charge in [0.1, 0.15) is 22.8 Å². The maximum absolute atomic E-state index is 13.1. The van der Waals surface area contributed by atoms with Crippen LogP contribution < -0.4 is 15.0 Å². The third-order valence-electron chi connectivity index (χ3n) is 5.55. The van der Waals surface area contributed by atoms with Gasteiger partial charge >= 0.3 is 0 Å². The van der Waals surface area contributed by atoms with E-state index in [1.165, 1.54) is 12.1 Å². The molecule has 0 radical (unpaired) electrons. The van der Waals surface area contributed by atoms with Crippen LogP contribution in [0, 0.1) is 5.82 Å². The minimum absolute atomic E-state index is 0.116. The van der Waals surface area contributed by atoms with E-state index in [1.54, 1.807) is 36.4 Å². The minimum atomic E-state index is -0.329. The van der Waals surface area contributed by atoms with Crippen molar-refractivity contribution in [1.29, 1.82) is 0 Å². The molecule has 32 heavy (non-hydrogen) atoms. The van der Waals surface area contributed by atoms with Gasteiger partial charge in [0.25, 0.3) is 11.9 Å². The largest absolute Gasteiger partial charge is 0.457 e. The normalized spacial score (nSPS) is 15.8. The van der Waals surface area contributed by atoms with Gasteiger partial charge in [-0.05, 0) is 67.4 Å². The Morgan fingerprint density at radius 2 is 1.94 bits per heavy atom. The van der Waals surface area contributed by atoms with Gasteiger partial charge in [-0.3, -0.25) is 4.79 Å². The molecule has 0 saturated carbocycles. The molecule has 1 unspecified atom stereocenters. The van der Waals surface area contributed by atoms with E-state index in [0.29, 0.717) is 29.6 Å². The van der Waals surface area contributed by atoms with Gasteiger partial charge < -0.3 is 19.4 Å². The second-order valence-corrected chi connectivity index (χ2v) is 7.75. The predicted octanol–water partition coefficient (Wildman–Crippen LogP) is 5.16. The number of ether oxygens (including phenoxy) is 1. The molecule has 1 atom stereocenters. The van der Waals surface area contributed by atoms with Crippen LogP contribution in [0.2, 0.25) is 0 Å². The topological polar surface area (TPSA) is 67.6 Å². The highest BCUT2D eigenvalue weighted by Crippen LogP contribution is 2.28. The number of hydrogen-bond acceptors (Lipinski definition) is 5. The zero-order valence-corrected chi connectivity index (χ0v) is 17.3. The summed E-state index contributed by atoms with van der Waals surface area (Å²) in [5, 5.41) is 3.02. The first kappa shape index (κ1) is 20.1. The van der Waals surface area contributed by atoms with Crippen molar-refractivity contribution in [3.63, 3.8) is 0 Å². The van der Waals surface area contributed by atoms with E-state index in [4.69, 9.17) is 9.15 Å². The summed E-state index contributed by atoms with van der Waals surface area (Å²) in [5.74, 6) is 0.505. The number of carbonyl (C=O) groups excluding carboxylic acids is 1. The lowest BCUT2D eigenvalue weighted by atomic mass is 10.2. The molecule has 4 aromatic rings. The second kappa shape index (κ2) is 8.70. The van der Waals surface area contributed by atoms with Crippen LogP contribution in [-0.2, 0) is 0 Å². The summed E-state index contributed by atoms with van der Waals surface area (Å²) in [6.07, 6.45) is 1.97. The standard InChI is InChI=1S/C25H22FN3O3/c26-18-10-12-20(13-11-18)31-21-7-3-5-17(15-21)24(30)27-16-19-6-4-14-29(19)25-28-22-8-1-2-9-23(22)32-25/h1-3,5,7-13,15,19H,4,6,14,16H2,(H,27,30). The predicted molar refractivity (Wildman–Crippen MR) is 120 cm³/mol. The van der Waals surface area contributed by atoms with Gasteiger partial charge in [0, 0.05) is 18.7 Å². The van der Waals surface area contributed by atoms with Crippen LogP contribution >= 0.6 is 0 Å². The van der Waals surface area contributed by atoms with E-state index in [1.807, 2.05) is 24.3 Å². The Bertz CT molecular complexity index is 1210. The number of para-hydroxylation sites is 2. The van der Waals surface area contributed by atoms with Gasteiger partial charge in [-0.1, -0.05) is 18.2 Å². The molecule has 1 saturated heterocycles. The van der Waals surface area contributed by atoms with Crippen molar-refractivity contribution in [2.75, 3.05) is 18.0 Å². The summed E-state index contributed by atoms with van der Waals surface area (Å²) in [7, 11) is 0. The molecule has 1 N–H and O–H groups in total. The van der Waals surface area contributed by atoms with Crippen molar-refractivity contribution < 1.29 is 18.3 Å². The Kier molecular flexibility index (Phi) is 5.46. The summed E-state index contributed by atoms with van der Waals surface area (Å²) in [6.45, 7) is 1.33. The average molecular weight is 431 g/mol. The van der Waals surface area contributed by atoms with E-state index < -0.39 is 0 Å². The van der Waals surface area contributed by atoms with Crippen LogP contribution in [-0.4, -0.2) is 30.0 Å². The number of carbonyl (C=O) groups is 1. The molecule has 3 aromatic carbocycles. The number of anilines is 1. The molecular formula is C25H22FN3O3. The lowest BCUT2D eigenvalue weighted by Gasteiger charge is -2.23. The van der Waals surface area contributed by atoms with Crippen LogP contribution in [0.1, 0.15) is 23.2 Å². The molecule has 1 fully saturated rings. The van der Waals surface area contributed by atoms with Gasteiger partial charge in [0.15, 0.2) is 5.58 Å². The van der Waals surface area contributed by atoms with Crippen molar-refractivity contribution >= 4 is 23.0 Å². The summed E-state index contributed by atoms with van der Waals surface area (Å²) in [6, 6.07) is 21.1. The number of hydrogen-bond donors (Lipinski definition) is 1. The van der Waals surface area contributed by atoms with Crippen LogP contribution in [0.25, 0.3) is 11.1 Å². The quantitative estimate of drug-likeness (QED) is 0.457. The summed E-state index contributed by atoms with van der Waals surface area (Å²) >= 11 is 0. The molecule has 1 aromatic heterocycles. The summed E-state index contributed by atoms with van der Waals surface area (Å²) in [5.41, 5.74) is 2.08. The fourth-order valence-corrected chi connectivity index (χ4v) is 3.93. The Labute approximate surface area is 184 Å². The highest BCUT2D eigenvalue weighted by Gasteiger charge is 2.28. The Morgan fingerprint density at radius 3 is 2.78 bits per heavy atom. The third kappa shape index (κ3) is 4.27. The van der Waals surface area contributed by atoms with Crippen LogP contribution in [0.3, 0.4) is 0 Å². The van der Waals surface area contributed by atoms with E-state index >= 15 is 0 Å². The highest BCUT2D eigenvalue weighted by atomic mass is 19.1. The zero-order chi connectivity index (χ0) is 21.9. The van der Waals surface area contributed by atoms with Crippen LogP contribution in [0.5, 0.6) is 11.5 Å². The van der Waals surface area contributed by atoms with Gasteiger partial charge in [-0.2, -0.15) is 4.98 Å². The first-order chi connectivity index (χ1) is 15.7. The van der Waals surface area contributed by atoms with Gasteiger partial charge in [-0.15, -0.1) is 0 Å². The Balaban J connectivity index is 1.23. The number of benzene rings is 3. The SMILES string of the molecule is O=C(NCC1CCCN1c1nc2ccccc2o1)c1cccc(Oc2ccc(F)cc2)c1. The molecule has 0 spiro atoms. The molecule has 1 amide bonds. The van der Waals surface area contributed by atoms with E-state index in [2.05, 4.69) is 15.2 Å². The number of amides is 1. The number of nitrogens with zero attached hydrogens (tertiary/aromatic N) is 2. The number of rotatable bonds is 6. The van der Waals surface area contributed by atoms with Gasteiger partial charge in [0.2, 0.25) is 0 Å². The lowest BCUT2D eigenvalue weighted by Crippen LogP contribution is -2.40. The fraction of sp³-hybridized carbons (Fsp3) is 0.200. The van der Waals surface area contributed by atoms with Crippen molar-refractivity contribution in [3.8, 4) is 11.5 Å². The maximum atomic E-state index is 13.1. The van der Waals surface area contributed by atoms with Crippen molar-refractivity contribution in [2.45, 2.75) is 18.9 Å². The zero-order valence-electron chi connectivity index (χ0n) is 17.3. The van der Waals surface area contributed by atoms with Crippen LogP contribution in [0.4, 0.5) is 10.4 Å². The first-order valence-corrected chi connectivity index (χ1v) is 10.6. The number of fused-ring (bicyclic) bond motifs is 1. The van der Waals surface area contributed by atoms with E-state index in [-0.39, 0.29) is 17.8 Å². The molecule has 2 heterocycles. The Hall–Kier alpha value is -3.87. The van der Waals surface area contributed by atoms with E-state index in [0.717, 1.165) is 30.5 Å². The third-order valence-corrected chi connectivity index (χ3v) is 5.55. The number of oxazole rings is 1. The van der Waals surface area contributed by atoms with Gasteiger partial charge in [0.05, 0.1) is 6.04 Å². The molecule has 162 valence electrons. The van der Waals surface area contributed by atoms with E-state index in [9.17, 15) is 9.18 Å². The molecule has 5 rings (SSSR count). The van der Waals surface area contributed by atoms with Crippen molar-refractivity contribution in [2.24, 2.45) is 0 Å². The minimum Gasteiger partial charge on any atom is -0.457 e. The Morgan fingerprint density at radius 1 is 1.09 bits per heavy atom. The molecule has 1 aliphatic heterocycles. The highest BCUT2D eigenvalue weighted by molar-refractivity contribution is 5.94. The molecule has 6 nitrogen and oxygen atoms in total. The molecule has 1 aliphatic rings. The average Bonchev–Trinajstić information content (AvgIpc) is 3.45. The maximum Gasteiger partial charge on any atom is 0.298 e. The molecule has 7 heteroatoms.